The highest BCUT2D eigenvalue weighted by Crippen LogP contribution is 2.35. The molecule has 0 fully saturated rings. The fourth-order valence-electron chi connectivity index (χ4n) is 4.41. The van der Waals surface area contributed by atoms with Crippen molar-refractivity contribution in [3.63, 3.8) is 0 Å². The highest BCUT2D eigenvalue weighted by atomic mass is 127. The van der Waals surface area contributed by atoms with E-state index in [0.29, 0.717) is 45.7 Å². The summed E-state index contributed by atoms with van der Waals surface area (Å²) in [5, 5.41) is 20.7. The molecule has 0 aliphatic carbocycles. The molecule has 238 valence electrons. The molecule has 0 bridgehead atoms. The Morgan fingerprint density at radius 3 is 2.64 bits per heavy atom. The number of aliphatic hydroxyl groups excluding tert-OH is 1. The summed E-state index contributed by atoms with van der Waals surface area (Å²) in [5.74, 6) is 0.791. The largest absolute Gasteiger partial charge is 0.490 e. The average molecular weight is 861 g/mol. The molecule has 0 saturated carbocycles. The molecule has 1 aliphatic rings. The van der Waals surface area contributed by atoms with E-state index in [0.717, 1.165) is 12.7 Å². The van der Waals surface area contributed by atoms with Crippen LogP contribution >= 0.6 is 56.8 Å². The summed E-state index contributed by atoms with van der Waals surface area (Å²) >= 11 is 10.7. The molecule has 1 heterocycles. The zero-order valence-electron chi connectivity index (χ0n) is 24.5. The van der Waals surface area contributed by atoms with Crippen molar-refractivity contribution in [2.24, 2.45) is 5.10 Å². The van der Waals surface area contributed by atoms with Crippen LogP contribution < -0.4 is 30.3 Å². The van der Waals surface area contributed by atoms with Crippen LogP contribution in [0.3, 0.4) is 0 Å². The molecule has 2 atom stereocenters. The van der Waals surface area contributed by atoms with Gasteiger partial charge in [0.15, 0.2) is 17.7 Å². The van der Waals surface area contributed by atoms with E-state index >= 15 is 0 Å². The van der Waals surface area contributed by atoms with Crippen LogP contribution in [0.25, 0.3) is 0 Å². The molecule has 2 amide bonds. The molecule has 14 heteroatoms. The molecule has 3 aromatic rings. The summed E-state index contributed by atoms with van der Waals surface area (Å²) < 4.78 is 24.5. The van der Waals surface area contributed by atoms with Crippen LogP contribution in [0.4, 0.5) is 4.79 Å². The minimum Gasteiger partial charge on any atom is -0.490 e. The number of rotatable bonds is 13. The number of nitrogens with zero attached hydrogens (tertiary/aromatic N) is 1. The first kappa shape index (κ1) is 34.6. The quantitative estimate of drug-likeness (QED) is 0.0570. The second-order valence-corrected chi connectivity index (χ2v) is 12.4. The Balaban J connectivity index is 1.43. The first-order valence-electron chi connectivity index (χ1n) is 13.7. The number of halogens is 3. The first-order valence-corrected chi connectivity index (χ1v) is 16.2. The number of urea groups is 1. The van der Waals surface area contributed by atoms with Crippen molar-refractivity contribution < 1.29 is 33.6 Å². The van der Waals surface area contributed by atoms with E-state index in [2.05, 4.69) is 66.3 Å². The maximum atomic E-state index is 12.5. The highest BCUT2D eigenvalue weighted by Gasteiger charge is 2.32. The van der Waals surface area contributed by atoms with Gasteiger partial charge in [-0.15, -0.1) is 0 Å². The van der Waals surface area contributed by atoms with Gasteiger partial charge >= 0.3 is 12.0 Å². The highest BCUT2D eigenvalue weighted by molar-refractivity contribution is 14.1. The zero-order valence-corrected chi connectivity index (χ0v) is 29.6. The summed E-state index contributed by atoms with van der Waals surface area (Å²) in [6.45, 7) is 3.90. The molecule has 4 N–H and O–H groups in total. The van der Waals surface area contributed by atoms with Crippen LogP contribution in [-0.2, 0) is 16.1 Å². The number of ether oxygens (including phenoxy) is 4. The lowest BCUT2D eigenvalue weighted by Gasteiger charge is -2.28. The van der Waals surface area contributed by atoms with Gasteiger partial charge in [-0.25, -0.2) is 9.59 Å². The number of benzene rings is 3. The van der Waals surface area contributed by atoms with E-state index in [1.165, 1.54) is 7.11 Å². The van der Waals surface area contributed by atoms with Gasteiger partial charge in [-0.3, -0.25) is 5.43 Å². The summed E-state index contributed by atoms with van der Waals surface area (Å²) in [4.78, 5) is 24.6. The van der Waals surface area contributed by atoms with Crippen molar-refractivity contribution in [3.8, 4) is 17.2 Å². The second kappa shape index (κ2) is 16.3. The number of aliphatic hydroxyl groups is 1. The van der Waals surface area contributed by atoms with Gasteiger partial charge in [0, 0.05) is 25.4 Å². The number of nitrogens with one attached hydrogen (secondary N) is 3. The molecule has 0 aromatic heterocycles. The molecular weight excluding hydrogens is 830 g/mol. The van der Waals surface area contributed by atoms with Crippen molar-refractivity contribution in [1.29, 1.82) is 0 Å². The Kier molecular flexibility index (Phi) is 12.6. The number of esters is 1. The third-order valence-corrected chi connectivity index (χ3v) is 8.26. The average Bonchev–Trinajstić information content (AvgIpc) is 3.00. The van der Waals surface area contributed by atoms with Gasteiger partial charge in [-0.1, -0.05) is 35.9 Å². The normalized spacial score (nSPS) is 15.3. The van der Waals surface area contributed by atoms with Crippen molar-refractivity contribution in [2.45, 2.75) is 32.7 Å². The lowest BCUT2D eigenvalue weighted by molar-refractivity contribution is -0.136. The zero-order chi connectivity index (χ0) is 32.5. The lowest BCUT2D eigenvalue weighted by atomic mass is 9.95. The smallest absolute Gasteiger partial charge is 0.337 e. The monoisotopic (exact) mass is 860 g/mol. The van der Waals surface area contributed by atoms with Crippen LogP contribution in [0.15, 0.2) is 71.0 Å². The maximum Gasteiger partial charge on any atom is 0.337 e. The number of hydrogen-bond donors (Lipinski definition) is 4. The summed E-state index contributed by atoms with van der Waals surface area (Å²) in [5.41, 5.74) is 5.49. The van der Waals surface area contributed by atoms with Crippen molar-refractivity contribution in [1.82, 2.24) is 16.1 Å². The SMILES string of the molecule is CCOc1cc([C@H]2NC(=O)NC(C)=C2C(=O)OC)ccc1OC[C@H](O)N/N=C/c1cc(I)cc(I)c1OCc1ccccc1Cl. The Morgan fingerprint density at radius 1 is 1.13 bits per heavy atom. The van der Waals surface area contributed by atoms with E-state index in [4.69, 9.17) is 30.5 Å². The van der Waals surface area contributed by atoms with Gasteiger partial charge in [0.05, 0.1) is 35.1 Å². The molecule has 0 saturated heterocycles. The number of hydrazone groups is 1. The van der Waals surface area contributed by atoms with Gasteiger partial charge < -0.3 is 34.7 Å². The van der Waals surface area contributed by atoms with Crippen molar-refractivity contribution in [2.75, 3.05) is 20.3 Å². The van der Waals surface area contributed by atoms with Crippen LogP contribution in [0.2, 0.25) is 5.02 Å². The number of amides is 2. The molecule has 0 radical (unpaired) electrons. The number of carbonyl (C=O) groups excluding carboxylic acids is 2. The lowest BCUT2D eigenvalue weighted by Crippen LogP contribution is -2.45. The molecule has 3 aromatic carbocycles. The Bertz CT molecular complexity index is 1620. The van der Waals surface area contributed by atoms with Gasteiger partial charge in [-0.05, 0) is 94.9 Å². The first-order chi connectivity index (χ1) is 21.6. The van der Waals surface area contributed by atoms with Crippen LogP contribution in [0, 0.1) is 7.14 Å². The van der Waals surface area contributed by atoms with Gasteiger partial charge in [-0.2, -0.15) is 5.10 Å². The predicted octanol–water partition coefficient (Wildman–Crippen LogP) is 5.65. The van der Waals surface area contributed by atoms with E-state index in [1.54, 1.807) is 31.3 Å². The molecule has 4 rings (SSSR count). The van der Waals surface area contributed by atoms with Crippen LogP contribution in [0.5, 0.6) is 17.2 Å². The molecule has 11 nitrogen and oxygen atoms in total. The van der Waals surface area contributed by atoms with Crippen LogP contribution in [0.1, 0.15) is 36.6 Å². The predicted molar refractivity (Wildman–Crippen MR) is 187 cm³/mol. The van der Waals surface area contributed by atoms with E-state index in [1.807, 2.05) is 43.3 Å². The standard InChI is InChI=1S/C31H31ClI2N4O7/c1-4-43-25-12-18(28-27(30(40)42-3)17(2)36-31(41)37-28)9-10-24(25)44-16-26(39)38-35-14-20-11-21(33)13-23(34)29(20)45-15-19-7-5-6-8-22(19)32/h5-14,26,28,38-39H,4,15-16H2,1-3H3,(H2,36,37,41)/b35-14+/t26-,28+/m0/s1. The fourth-order valence-corrected chi connectivity index (χ4v) is 6.64. The summed E-state index contributed by atoms with van der Waals surface area (Å²) in [7, 11) is 1.28. The number of allylic oxidation sites excluding steroid dienone is 1. The van der Waals surface area contributed by atoms with E-state index in [9.17, 15) is 14.7 Å². The van der Waals surface area contributed by atoms with E-state index in [-0.39, 0.29) is 18.8 Å². The molecule has 1 aliphatic heterocycles. The van der Waals surface area contributed by atoms with Crippen LogP contribution in [-0.4, -0.2) is 49.9 Å². The maximum absolute atomic E-state index is 12.5. The summed E-state index contributed by atoms with van der Waals surface area (Å²) in [6.07, 6.45) is 0.405. The Labute approximate surface area is 293 Å². The topological polar surface area (TPSA) is 140 Å². The second-order valence-electron chi connectivity index (χ2n) is 9.60. The van der Waals surface area contributed by atoms with Gasteiger partial charge in [0.1, 0.15) is 19.0 Å². The van der Waals surface area contributed by atoms with Gasteiger partial charge in [0.2, 0.25) is 0 Å². The van der Waals surface area contributed by atoms with Gasteiger partial charge in [0.25, 0.3) is 0 Å². The minimum absolute atomic E-state index is 0.160. The molecule has 0 spiro atoms. The Hall–Kier alpha value is -3.28. The number of methoxy groups -OCH3 is 1. The minimum atomic E-state index is -1.16. The third kappa shape index (κ3) is 9.14. The van der Waals surface area contributed by atoms with Crippen molar-refractivity contribution in [3.05, 3.63) is 94.7 Å². The Morgan fingerprint density at radius 2 is 1.91 bits per heavy atom. The van der Waals surface area contributed by atoms with Crippen molar-refractivity contribution >= 4 is 75.0 Å². The molecule has 0 unspecified atom stereocenters. The fraction of sp³-hybridized carbons (Fsp3) is 0.258. The molecular formula is C31H31ClI2N4O7. The number of hydrogen-bond acceptors (Lipinski definition) is 9. The number of carbonyl (C=O) groups is 2. The molecule has 45 heavy (non-hydrogen) atoms. The van der Waals surface area contributed by atoms with E-state index < -0.39 is 24.3 Å². The third-order valence-electron chi connectivity index (χ3n) is 6.47. The summed E-state index contributed by atoms with van der Waals surface area (Å²) in [6, 6.07) is 15.2.